The van der Waals surface area contributed by atoms with Gasteiger partial charge in [0.15, 0.2) is 0 Å². The molecule has 1 atom stereocenters. The Balaban J connectivity index is 2.11. The molecule has 8 heteroatoms. The Kier molecular flexibility index (Phi) is 6.25. The predicted molar refractivity (Wildman–Crippen MR) is 92.7 cm³/mol. The maximum Gasteiger partial charge on any atom is 0.325 e. The first kappa shape index (κ1) is 19.1. The molecule has 0 aromatic heterocycles. The molecule has 0 radical (unpaired) electrons. The minimum atomic E-state index is -0.532. The van der Waals surface area contributed by atoms with Crippen molar-refractivity contribution in [2.75, 3.05) is 38.8 Å². The van der Waals surface area contributed by atoms with Crippen molar-refractivity contribution in [2.24, 2.45) is 5.92 Å². The van der Waals surface area contributed by atoms with Gasteiger partial charge in [0.05, 0.1) is 25.3 Å². The van der Waals surface area contributed by atoms with Crippen LogP contribution in [0.25, 0.3) is 0 Å². The lowest BCUT2D eigenvalue weighted by Gasteiger charge is -2.22. The highest BCUT2D eigenvalue weighted by atomic mass is 35.5. The lowest BCUT2D eigenvalue weighted by atomic mass is 10.1. The molecule has 2 amide bonds. The van der Waals surface area contributed by atoms with Crippen molar-refractivity contribution in [1.82, 2.24) is 4.90 Å². The molecule has 0 saturated carbocycles. The van der Waals surface area contributed by atoms with Crippen LogP contribution in [0.15, 0.2) is 18.2 Å². The van der Waals surface area contributed by atoms with E-state index in [1.54, 1.807) is 25.1 Å². The molecule has 2 rings (SSSR count). The first-order chi connectivity index (χ1) is 11.9. The highest BCUT2D eigenvalue weighted by Gasteiger charge is 2.38. The molecule has 136 valence electrons. The van der Waals surface area contributed by atoms with E-state index in [1.165, 1.54) is 24.0 Å². The summed E-state index contributed by atoms with van der Waals surface area (Å²) in [6.45, 7) is 2.02. The molecule has 1 unspecified atom stereocenters. The van der Waals surface area contributed by atoms with Gasteiger partial charge in [-0.2, -0.15) is 0 Å². The van der Waals surface area contributed by atoms with Gasteiger partial charge in [0.25, 0.3) is 0 Å². The minimum Gasteiger partial charge on any atom is -0.495 e. The monoisotopic (exact) mass is 368 g/mol. The molecular formula is C17H21ClN2O5. The minimum absolute atomic E-state index is 0.0711. The lowest BCUT2D eigenvalue weighted by molar-refractivity contribution is -0.149. The summed E-state index contributed by atoms with van der Waals surface area (Å²) < 4.78 is 10.1. The molecule has 1 aromatic rings. The zero-order valence-corrected chi connectivity index (χ0v) is 15.2. The quantitative estimate of drug-likeness (QED) is 0.715. The van der Waals surface area contributed by atoms with Crippen LogP contribution in [0.2, 0.25) is 5.02 Å². The Morgan fingerprint density at radius 1 is 1.40 bits per heavy atom. The average molecular weight is 369 g/mol. The molecule has 0 bridgehead atoms. The van der Waals surface area contributed by atoms with Crippen LogP contribution in [0.5, 0.6) is 5.75 Å². The zero-order valence-electron chi connectivity index (χ0n) is 14.5. The van der Waals surface area contributed by atoms with Crippen molar-refractivity contribution >= 4 is 35.1 Å². The summed E-state index contributed by atoms with van der Waals surface area (Å²) >= 11 is 6.02. The van der Waals surface area contributed by atoms with Crippen molar-refractivity contribution in [2.45, 2.75) is 13.3 Å². The third kappa shape index (κ3) is 4.42. The number of halogens is 1. The van der Waals surface area contributed by atoms with Gasteiger partial charge in [-0.15, -0.1) is 0 Å². The van der Waals surface area contributed by atoms with E-state index in [2.05, 4.69) is 0 Å². The Morgan fingerprint density at radius 2 is 2.12 bits per heavy atom. The number of amides is 2. The highest BCUT2D eigenvalue weighted by molar-refractivity contribution is 6.31. The molecule has 1 fully saturated rings. The van der Waals surface area contributed by atoms with Gasteiger partial charge in [0, 0.05) is 25.0 Å². The third-order valence-corrected chi connectivity index (χ3v) is 4.19. The van der Waals surface area contributed by atoms with E-state index in [0.717, 1.165) is 0 Å². The highest BCUT2D eigenvalue weighted by Crippen LogP contribution is 2.35. The summed E-state index contributed by atoms with van der Waals surface area (Å²) in [5.41, 5.74) is 0.531. The topological polar surface area (TPSA) is 76.2 Å². The number of carbonyl (C=O) groups is 3. The second kappa shape index (κ2) is 8.20. The van der Waals surface area contributed by atoms with E-state index in [-0.39, 0.29) is 37.9 Å². The number of ether oxygens (including phenoxy) is 2. The van der Waals surface area contributed by atoms with E-state index in [4.69, 9.17) is 21.1 Å². The van der Waals surface area contributed by atoms with Crippen molar-refractivity contribution in [3.8, 4) is 5.75 Å². The Labute approximate surface area is 151 Å². The number of likely N-dealkylation sites (N-methyl/N-ethyl adjacent to an activating group) is 1. The van der Waals surface area contributed by atoms with Crippen LogP contribution in [-0.4, -0.2) is 56.5 Å². The summed E-state index contributed by atoms with van der Waals surface area (Å²) in [5.74, 6) is -0.967. The van der Waals surface area contributed by atoms with Gasteiger partial charge in [-0.1, -0.05) is 11.6 Å². The fraction of sp³-hybridized carbons (Fsp3) is 0.471. The summed E-state index contributed by atoms with van der Waals surface area (Å²) in [5, 5.41) is 0.470. The van der Waals surface area contributed by atoms with Gasteiger partial charge in [0.2, 0.25) is 11.8 Å². The van der Waals surface area contributed by atoms with Crippen LogP contribution in [0, 0.1) is 5.92 Å². The van der Waals surface area contributed by atoms with Crippen molar-refractivity contribution in [1.29, 1.82) is 0 Å². The largest absolute Gasteiger partial charge is 0.495 e. The van der Waals surface area contributed by atoms with E-state index in [9.17, 15) is 14.4 Å². The predicted octanol–water partition coefficient (Wildman–Crippen LogP) is 1.72. The summed E-state index contributed by atoms with van der Waals surface area (Å²) in [6.07, 6.45) is 0.0711. The number of hydrogen-bond donors (Lipinski definition) is 0. The maximum atomic E-state index is 12.5. The smallest absolute Gasteiger partial charge is 0.325 e. The zero-order chi connectivity index (χ0) is 18.6. The summed E-state index contributed by atoms with van der Waals surface area (Å²) in [7, 11) is 3.02. The van der Waals surface area contributed by atoms with Crippen LogP contribution in [-0.2, 0) is 19.1 Å². The summed E-state index contributed by atoms with van der Waals surface area (Å²) in [4.78, 5) is 39.2. The second-order valence-electron chi connectivity index (χ2n) is 5.72. The Morgan fingerprint density at radius 3 is 2.76 bits per heavy atom. The Bertz CT molecular complexity index is 679. The normalized spacial score (nSPS) is 16.7. The number of benzene rings is 1. The standard InChI is InChI=1S/C17H21ClN2O5/c1-4-25-16(22)10-19(2)17(23)11-7-15(21)20(9-11)13-8-12(18)5-6-14(13)24-3/h5-6,8,11H,4,7,9-10H2,1-3H3. The average Bonchev–Trinajstić information content (AvgIpc) is 2.95. The first-order valence-electron chi connectivity index (χ1n) is 7.91. The fourth-order valence-electron chi connectivity index (χ4n) is 2.77. The van der Waals surface area contributed by atoms with E-state index < -0.39 is 11.9 Å². The number of hydrogen-bond acceptors (Lipinski definition) is 5. The number of anilines is 1. The van der Waals surface area contributed by atoms with Crippen LogP contribution in [0.3, 0.4) is 0 Å². The molecule has 25 heavy (non-hydrogen) atoms. The molecule has 1 aromatic carbocycles. The molecule has 0 N–H and O–H groups in total. The molecule has 1 aliphatic rings. The molecule has 0 spiro atoms. The van der Waals surface area contributed by atoms with Crippen molar-refractivity contribution < 1.29 is 23.9 Å². The molecular weight excluding hydrogens is 348 g/mol. The number of esters is 1. The summed E-state index contributed by atoms with van der Waals surface area (Å²) in [6, 6.07) is 4.97. The van der Waals surface area contributed by atoms with Crippen LogP contribution >= 0.6 is 11.6 Å². The van der Waals surface area contributed by atoms with Crippen LogP contribution in [0.1, 0.15) is 13.3 Å². The van der Waals surface area contributed by atoms with E-state index in [0.29, 0.717) is 16.5 Å². The molecule has 1 aliphatic heterocycles. The van der Waals surface area contributed by atoms with Gasteiger partial charge in [-0.05, 0) is 25.1 Å². The fourth-order valence-corrected chi connectivity index (χ4v) is 2.94. The lowest BCUT2D eigenvalue weighted by Crippen LogP contribution is -2.38. The molecule has 1 saturated heterocycles. The van der Waals surface area contributed by atoms with Gasteiger partial charge >= 0.3 is 5.97 Å². The van der Waals surface area contributed by atoms with Crippen molar-refractivity contribution in [3.63, 3.8) is 0 Å². The van der Waals surface area contributed by atoms with Gasteiger partial charge < -0.3 is 19.3 Å². The Hall–Kier alpha value is -2.28. The number of methoxy groups -OCH3 is 1. The van der Waals surface area contributed by atoms with E-state index in [1.807, 2.05) is 0 Å². The van der Waals surface area contributed by atoms with Gasteiger partial charge in [-0.25, -0.2) is 0 Å². The molecule has 7 nitrogen and oxygen atoms in total. The number of nitrogens with zero attached hydrogens (tertiary/aromatic N) is 2. The van der Waals surface area contributed by atoms with Gasteiger partial charge in [0.1, 0.15) is 12.3 Å². The van der Waals surface area contributed by atoms with Crippen molar-refractivity contribution in [3.05, 3.63) is 23.2 Å². The maximum absolute atomic E-state index is 12.5. The number of rotatable bonds is 6. The van der Waals surface area contributed by atoms with Crippen LogP contribution in [0.4, 0.5) is 5.69 Å². The number of carbonyl (C=O) groups excluding carboxylic acids is 3. The molecule has 0 aliphatic carbocycles. The van der Waals surface area contributed by atoms with Crippen LogP contribution < -0.4 is 9.64 Å². The second-order valence-corrected chi connectivity index (χ2v) is 6.16. The molecule has 1 heterocycles. The first-order valence-corrected chi connectivity index (χ1v) is 8.29. The van der Waals surface area contributed by atoms with E-state index >= 15 is 0 Å². The third-order valence-electron chi connectivity index (χ3n) is 3.95. The SMILES string of the molecule is CCOC(=O)CN(C)C(=O)C1CC(=O)N(c2cc(Cl)ccc2OC)C1. The van der Waals surface area contributed by atoms with Gasteiger partial charge in [-0.3, -0.25) is 14.4 Å².